The third kappa shape index (κ3) is 4.79. The highest BCUT2D eigenvalue weighted by molar-refractivity contribution is 9.10. The van der Waals surface area contributed by atoms with Crippen molar-refractivity contribution in [1.82, 2.24) is 9.78 Å². The minimum atomic E-state index is -0.847. The van der Waals surface area contributed by atoms with Crippen LogP contribution in [-0.4, -0.2) is 21.8 Å². The summed E-state index contributed by atoms with van der Waals surface area (Å²) in [7, 11) is 0. The Labute approximate surface area is 162 Å². The normalized spacial score (nSPS) is 11.7. The molecule has 0 spiro atoms. The zero-order valence-corrected chi connectivity index (χ0v) is 15.8. The summed E-state index contributed by atoms with van der Waals surface area (Å²) < 4.78 is 20.6. The Morgan fingerprint density at radius 2 is 1.78 bits per heavy atom. The van der Waals surface area contributed by atoms with Gasteiger partial charge in [0.15, 0.2) is 6.10 Å². The summed E-state index contributed by atoms with van der Waals surface area (Å²) in [6, 6.07) is 15.1. The zero-order valence-electron chi connectivity index (χ0n) is 14.2. The molecule has 0 unspecified atom stereocenters. The Morgan fingerprint density at radius 1 is 1.11 bits per heavy atom. The van der Waals surface area contributed by atoms with Crippen molar-refractivity contribution in [2.75, 3.05) is 5.32 Å². The number of hydrogen-bond acceptors (Lipinski definition) is 4. The number of aromatic nitrogens is 2. The van der Waals surface area contributed by atoms with E-state index in [4.69, 9.17) is 4.74 Å². The maximum atomic E-state index is 13.1. The highest BCUT2D eigenvalue weighted by Crippen LogP contribution is 2.15. The van der Waals surface area contributed by atoms with Gasteiger partial charge in [-0.2, -0.15) is 4.68 Å². The fourth-order valence-corrected chi connectivity index (χ4v) is 2.50. The fourth-order valence-electron chi connectivity index (χ4n) is 2.24. The van der Waals surface area contributed by atoms with Crippen molar-refractivity contribution in [3.8, 4) is 11.6 Å². The van der Waals surface area contributed by atoms with Gasteiger partial charge in [0.1, 0.15) is 5.82 Å². The molecule has 3 rings (SSSR count). The first-order valence-corrected chi connectivity index (χ1v) is 8.81. The largest absolute Gasteiger partial charge is 0.463 e. The van der Waals surface area contributed by atoms with E-state index >= 15 is 0 Å². The number of halogens is 2. The third-order valence-electron chi connectivity index (χ3n) is 3.63. The van der Waals surface area contributed by atoms with E-state index in [0.29, 0.717) is 11.4 Å². The average Bonchev–Trinajstić information content (AvgIpc) is 2.66. The highest BCUT2D eigenvalue weighted by Gasteiger charge is 2.16. The molecular weight excluding hydrogens is 417 g/mol. The van der Waals surface area contributed by atoms with Gasteiger partial charge in [-0.3, -0.25) is 9.59 Å². The summed E-state index contributed by atoms with van der Waals surface area (Å²) in [5.74, 6) is -0.687. The summed E-state index contributed by atoms with van der Waals surface area (Å²) in [5, 5.41) is 6.82. The summed E-state index contributed by atoms with van der Waals surface area (Å²) in [6.45, 7) is 1.57. The molecule has 0 aliphatic heterocycles. The van der Waals surface area contributed by atoms with Gasteiger partial charge < -0.3 is 10.1 Å². The summed E-state index contributed by atoms with van der Waals surface area (Å²) in [5.41, 5.74) is 0.614. The van der Waals surface area contributed by atoms with Crippen LogP contribution in [0.2, 0.25) is 0 Å². The van der Waals surface area contributed by atoms with Crippen LogP contribution in [0.3, 0.4) is 0 Å². The first-order chi connectivity index (χ1) is 12.9. The molecule has 0 saturated heterocycles. The van der Waals surface area contributed by atoms with Crippen molar-refractivity contribution in [2.45, 2.75) is 13.0 Å². The molecular formula is C19H15BrFN3O3. The smallest absolute Gasteiger partial charge is 0.271 e. The molecule has 27 heavy (non-hydrogen) atoms. The van der Waals surface area contributed by atoms with Crippen LogP contribution in [0.5, 0.6) is 5.88 Å². The Hall–Kier alpha value is -3.00. The monoisotopic (exact) mass is 431 g/mol. The summed E-state index contributed by atoms with van der Waals surface area (Å²) in [4.78, 5) is 24.3. The van der Waals surface area contributed by atoms with Crippen molar-refractivity contribution < 1.29 is 13.9 Å². The molecule has 6 nitrogen and oxygen atoms in total. The molecule has 2 aromatic carbocycles. The van der Waals surface area contributed by atoms with Crippen molar-refractivity contribution >= 4 is 27.5 Å². The second-order valence-corrected chi connectivity index (χ2v) is 6.57. The number of hydrogen-bond donors (Lipinski definition) is 1. The molecule has 0 fully saturated rings. The first kappa shape index (κ1) is 18.8. The number of rotatable bonds is 5. The lowest BCUT2D eigenvalue weighted by atomic mass is 10.3. The number of benzene rings is 2. The quantitative estimate of drug-likeness (QED) is 0.670. The van der Waals surface area contributed by atoms with Gasteiger partial charge in [-0.25, -0.2) is 4.39 Å². The number of carbonyl (C=O) groups excluding carboxylic acids is 1. The number of carbonyl (C=O) groups is 1. The molecule has 1 amide bonds. The number of ether oxygens (including phenoxy) is 1. The Balaban J connectivity index is 1.74. The SMILES string of the molecule is C[C@H](Oc1ccc(=O)n(-c2ccc(F)cc2)n1)C(=O)Nc1ccc(Br)cc1. The number of amides is 1. The topological polar surface area (TPSA) is 73.2 Å². The van der Waals surface area contributed by atoms with Crippen molar-refractivity contribution in [3.63, 3.8) is 0 Å². The minimum absolute atomic E-state index is 0.0948. The second-order valence-electron chi connectivity index (χ2n) is 5.65. The van der Waals surface area contributed by atoms with Gasteiger partial charge in [-0.15, -0.1) is 5.10 Å². The summed E-state index contributed by atoms with van der Waals surface area (Å²) in [6.07, 6.45) is -0.847. The van der Waals surface area contributed by atoms with Crippen molar-refractivity contribution in [3.05, 3.63) is 81.3 Å². The molecule has 3 aromatic rings. The molecule has 1 heterocycles. The molecule has 138 valence electrons. The Morgan fingerprint density at radius 3 is 2.44 bits per heavy atom. The van der Waals surface area contributed by atoms with E-state index in [2.05, 4.69) is 26.3 Å². The van der Waals surface area contributed by atoms with Gasteiger partial charge in [0.25, 0.3) is 11.5 Å². The van der Waals surface area contributed by atoms with Gasteiger partial charge in [-0.05, 0) is 55.5 Å². The van der Waals surface area contributed by atoms with Gasteiger partial charge in [-0.1, -0.05) is 15.9 Å². The van der Waals surface area contributed by atoms with Gasteiger partial charge in [0, 0.05) is 22.3 Å². The first-order valence-electron chi connectivity index (χ1n) is 8.02. The lowest BCUT2D eigenvalue weighted by Crippen LogP contribution is -2.31. The van der Waals surface area contributed by atoms with Gasteiger partial charge in [0.05, 0.1) is 5.69 Å². The predicted octanol–water partition coefficient (Wildman–Crippen LogP) is 3.54. The van der Waals surface area contributed by atoms with Crippen LogP contribution in [0.15, 0.2) is 69.9 Å². The maximum absolute atomic E-state index is 13.1. The van der Waals surface area contributed by atoms with E-state index < -0.39 is 17.5 Å². The summed E-state index contributed by atoms with van der Waals surface area (Å²) >= 11 is 3.33. The molecule has 0 bridgehead atoms. The fraction of sp³-hybridized carbons (Fsp3) is 0.105. The number of nitrogens with zero attached hydrogens (tertiary/aromatic N) is 2. The third-order valence-corrected chi connectivity index (χ3v) is 4.15. The molecule has 0 aliphatic carbocycles. The van der Waals surface area contributed by atoms with Crippen LogP contribution < -0.4 is 15.6 Å². The molecule has 0 aliphatic rings. The van der Waals surface area contributed by atoms with Crippen LogP contribution in [-0.2, 0) is 4.79 Å². The zero-order chi connectivity index (χ0) is 19.4. The van der Waals surface area contributed by atoms with E-state index in [-0.39, 0.29) is 11.8 Å². The molecule has 0 radical (unpaired) electrons. The Bertz CT molecular complexity index is 1000. The van der Waals surface area contributed by atoms with Crippen LogP contribution >= 0.6 is 15.9 Å². The number of nitrogens with one attached hydrogen (secondary N) is 1. The predicted molar refractivity (Wildman–Crippen MR) is 103 cm³/mol. The molecule has 1 aromatic heterocycles. The van der Waals surface area contributed by atoms with Crippen molar-refractivity contribution in [2.24, 2.45) is 0 Å². The van der Waals surface area contributed by atoms with E-state index in [0.717, 1.165) is 9.15 Å². The minimum Gasteiger partial charge on any atom is -0.463 e. The van der Waals surface area contributed by atoms with Crippen LogP contribution in [0, 0.1) is 5.82 Å². The van der Waals surface area contributed by atoms with E-state index in [9.17, 15) is 14.0 Å². The van der Waals surface area contributed by atoms with Crippen molar-refractivity contribution in [1.29, 1.82) is 0 Å². The van der Waals surface area contributed by atoms with E-state index in [1.807, 2.05) is 0 Å². The maximum Gasteiger partial charge on any atom is 0.271 e. The standard InChI is InChI=1S/C19H15BrFN3O3/c1-12(19(26)22-15-6-2-13(20)3-7-15)27-17-10-11-18(25)24(23-17)16-8-4-14(21)5-9-16/h2-12H,1H3,(H,22,26)/t12-/m0/s1. The van der Waals surface area contributed by atoms with E-state index in [1.54, 1.807) is 31.2 Å². The lowest BCUT2D eigenvalue weighted by molar-refractivity contribution is -0.122. The molecule has 8 heteroatoms. The molecule has 1 atom stereocenters. The van der Waals surface area contributed by atoms with Crippen LogP contribution in [0.25, 0.3) is 5.69 Å². The van der Waals surface area contributed by atoms with Crippen LogP contribution in [0.4, 0.5) is 10.1 Å². The van der Waals surface area contributed by atoms with Gasteiger partial charge in [0.2, 0.25) is 5.88 Å². The molecule has 0 saturated carbocycles. The lowest BCUT2D eigenvalue weighted by Gasteiger charge is -2.15. The Kier molecular flexibility index (Phi) is 5.66. The van der Waals surface area contributed by atoms with Gasteiger partial charge >= 0.3 is 0 Å². The molecule has 1 N–H and O–H groups in total. The second kappa shape index (κ2) is 8.13. The number of anilines is 1. The van der Waals surface area contributed by atoms with Crippen LogP contribution in [0.1, 0.15) is 6.92 Å². The van der Waals surface area contributed by atoms with E-state index in [1.165, 1.54) is 36.4 Å². The highest BCUT2D eigenvalue weighted by atomic mass is 79.9. The average molecular weight is 432 g/mol.